The molecule has 10 heteroatoms. The lowest BCUT2D eigenvalue weighted by Crippen LogP contribution is -2.26. The third kappa shape index (κ3) is 4.34. The van der Waals surface area contributed by atoms with Gasteiger partial charge < -0.3 is 9.88 Å². The van der Waals surface area contributed by atoms with Crippen molar-refractivity contribution in [2.24, 2.45) is 7.05 Å². The van der Waals surface area contributed by atoms with Gasteiger partial charge in [-0.2, -0.15) is 0 Å². The van der Waals surface area contributed by atoms with Crippen molar-refractivity contribution in [2.45, 2.75) is 23.0 Å². The smallest absolute Gasteiger partial charge is 0.284 e. The van der Waals surface area contributed by atoms with E-state index in [4.69, 9.17) is 0 Å². The van der Waals surface area contributed by atoms with Gasteiger partial charge in [-0.15, -0.1) is 10.2 Å². The Bertz CT molecular complexity index is 1020. The summed E-state index contributed by atoms with van der Waals surface area (Å²) >= 11 is 1.09. The average molecular weight is 401 g/mol. The number of hydrogen-bond donors (Lipinski definition) is 1. The summed E-state index contributed by atoms with van der Waals surface area (Å²) in [5.74, 6) is -0.830. The first-order chi connectivity index (χ1) is 13.3. The number of benzene rings is 2. The molecule has 3 aromatic rings. The van der Waals surface area contributed by atoms with Crippen LogP contribution in [-0.4, -0.2) is 25.6 Å². The van der Waals surface area contributed by atoms with Crippen LogP contribution in [0.2, 0.25) is 0 Å². The summed E-state index contributed by atoms with van der Waals surface area (Å²) in [6, 6.07) is 9.62. The fraction of sp³-hybridized carbons (Fsp3) is 0.167. The number of carbonyl (C=O) groups is 1. The highest BCUT2D eigenvalue weighted by atomic mass is 32.2. The lowest BCUT2D eigenvalue weighted by molar-refractivity contribution is -0.387. The zero-order valence-corrected chi connectivity index (χ0v) is 15.8. The molecule has 1 amide bonds. The van der Waals surface area contributed by atoms with Crippen molar-refractivity contribution in [1.29, 1.82) is 0 Å². The van der Waals surface area contributed by atoms with Crippen LogP contribution >= 0.6 is 11.8 Å². The molecule has 0 unspecified atom stereocenters. The molecule has 0 saturated heterocycles. The minimum absolute atomic E-state index is 0.156. The van der Waals surface area contributed by atoms with E-state index in [1.54, 1.807) is 30.7 Å². The van der Waals surface area contributed by atoms with Crippen molar-refractivity contribution in [2.75, 3.05) is 0 Å². The maximum atomic E-state index is 13.0. The van der Waals surface area contributed by atoms with Crippen molar-refractivity contribution in [3.05, 3.63) is 75.9 Å². The highest BCUT2D eigenvalue weighted by Crippen LogP contribution is 2.34. The molecule has 0 aliphatic carbocycles. The molecule has 28 heavy (non-hydrogen) atoms. The highest BCUT2D eigenvalue weighted by molar-refractivity contribution is 7.99. The standard InChI is InChI=1S/C18H16FN5O3S/c1-11(12-3-6-14(19)7-4-12)21-17(25)13-5-8-16(15(9-13)24(26)27)28-18-22-20-10-23(18)2/h3-11H,1-2H3,(H,21,25)/t11-/m1/s1. The summed E-state index contributed by atoms with van der Waals surface area (Å²) in [6.45, 7) is 1.75. The number of carbonyl (C=O) groups excluding carboxylic acids is 1. The fourth-order valence-corrected chi connectivity index (χ4v) is 3.32. The Balaban J connectivity index is 1.80. The molecule has 0 bridgehead atoms. The lowest BCUT2D eigenvalue weighted by Gasteiger charge is -2.14. The SMILES string of the molecule is C[C@@H](NC(=O)c1ccc(Sc2nncn2C)c([N+](=O)[O-])c1)c1ccc(F)cc1. The number of nitro groups is 1. The van der Waals surface area contributed by atoms with Gasteiger partial charge in [0.1, 0.15) is 12.1 Å². The summed E-state index contributed by atoms with van der Waals surface area (Å²) < 4.78 is 14.7. The molecular weight excluding hydrogens is 385 g/mol. The van der Waals surface area contributed by atoms with Crippen LogP contribution < -0.4 is 5.32 Å². The van der Waals surface area contributed by atoms with Gasteiger partial charge in [-0.3, -0.25) is 14.9 Å². The monoisotopic (exact) mass is 401 g/mol. The van der Waals surface area contributed by atoms with Crippen LogP contribution in [0.25, 0.3) is 0 Å². The molecule has 3 rings (SSSR count). The van der Waals surface area contributed by atoms with E-state index in [1.165, 1.54) is 36.7 Å². The van der Waals surface area contributed by atoms with E-state index in [1.807, 2.05) is 0 Å². The molecule has 1 N–H and O–H groups in total. The second-order valence-corrected chi connectivity index (χ2v) is 7.02. The zero-order chi connectivity index (χ0) is 20.3. The number of amides is 1. The molecule has 1 aromatic heterocycles. The second kappa shape index (κ2) is 8.17. The van der Waals surface area contributed by atoms with E-state index in [0.717, 1.165) is 17.3 Å². The Labute approximate surface area is 163 Å². The quantitative estimate of drug-likeness (QED) is 0.501. The first-order valence-corrected chi connectivity index (χ1v) is 9.03. The summed E-state index contributed by atoms with van der Waals surface area (Å²) in [5, 5.41) is 22.3. The van der Waals surface area contributed by atoms with Gasteiger partial charge >= 0.3 is 0 Å². The van der Waals surface area contributed by atoms with Crippen molar-refractivity contribution in [3.63, 3.8) is 0 Å². The minimum atomic E-state index is -0.543. The van der Waals surface area contributed by atoms with E-state index in [2.05, 4.69) is 15.5 Å². The molecule has 0 aliphatic heterocycles. The molecule has 2 aromatic carbocycles. The van der Waals surface area contributed by atoms with Gasteiger partial charge in [-0.25, -0.2) is 4.39 Å². The van der Waals surface area contributed by atoms with Gasteiger partial charge in [0.2, 0.25) is 0 Å². The molecule has 0 saturated carbocycles. The average Bonchev–Trinajstić information content (AvgIpc) is 3.07. The minimum Gasteiger partial charge on any atom is -0.346 e. The number of hydrogen-bond acceptors (Lipinski definition) is 6. The summed E-state index contributed by atoms with van der Waals surface area (Å²) in [6.07, 6.45) is 1.49. The summed E-state index contributed by atoms with van der Waals surface area (Å²) in [7, 11) is 1.73. The molecule has 0 fully saturated rings. The third-order valence-corrected chi connectivity index (χ3v) is 5.12. The highest BCUT2D eigenvalue weighted by Gasteiger charge is 2.21. The van der Waals surface area contributed by atoms with Crippen LogP contribution in [-0.2, 0) is 7.05 Å². The van der Waals surface area contributed by atoms with Gasteiger partial charge in [-0.05, 0) is 48.5 Å². The number of halogens is 1. The maximum absolute atomic E-state index is 13.0. The molecule has 1 heterocycles. The van der Waals surface area contributed by atoms with Crippen molar-refractivity contribution in [1.82, 2.24) is 20.1 Å². The Morgan fingerprint density at radius 1 is 1.29 bits per heavy atom. The van der Waals surface area contributed by atoms with Crippen LogP contribution in [0.4, 0.5) is 10.1 Å². The number of rotatable bonds is 6. The number of aromatic nitrogens is 3. The van der Waals surface area contributed by atoms with E-state index < -0.39 is 10.8 Å². The van der Waals surface area contributed by atoms with Crippen LogP contribution in [0.15, 0.2) is 58.8 Å². The van der Waals surface area contributed by atoms with Gasteiger partial charge in [0.25, 0.3) is 11.6 Å². The van der Waals surface area contributed by atoms with E-state index in [9.17, 15) is 19.3 Å². The number of nitrogens with one attached hydrogen (secondary N) is 1. The zero-order valence-electron chi connectivity index (χ0n) is 15.0. The van der Waals surface area contributed by atoms with Crippen LogP contribution in [0, 0.1) is 15.9 Å². The first kappa shape index (κ1) is 19.5. The van der Waals surface area contributed by atoms with Crippen LogP contribution in [0.3, 0.4) is 0 Å². The van der Waals surface area contributed by atoms with Gasteiger partial charge in [-0.1, -0.05) is 12.1 Å². The largest absolute Gasteiger partial charge is 0.346 e. The van der Waals surface area contributed by atoms with Crippen molar-refractivity contribution >= 4 is 23.4 Å². The molecule has 0 spiro atoms. The van der Waals surface area contributed by atoms with Crippen molar-refractivity contribution < 1.29 is 14.1 Å². The lowest BCUT2D eigenvalue weighted by atomic mass is 10.1. The maximum Gasteiger partial charge on any atom is 0.284 e. The Kier molecular flexibility index (Phi) is 5.69. The molecule has 0 aliphatic rings. The molecule has 144 valence electrons. The fourth-order valence-electron chi connectivity index (χ4n) is 2.47. The Morgan fingerprint density at radius 3 is 2.61 bits per heavy atom. The van der Waals surface area contributed by atoms with Gasteiger partial charge in [0, 0.05) is 18.7 Å². The first-order valence-electron chi connectivity index (χ1n) is 8.22. The topological polar surface area (TPSA) is 103 Å². The van der Waals surface area contributed by atoms with Gasteiger partial charge in [0.05, 0.1) is 15.9 Å². The molecule has 0 radical (unpaired) electrons. The summed E-state index contributed by atoms with van der Waals surface area (Å²) in [4.78, 5) is 23.8. The van der Waals surface area contributed by atoms with E-state index in [0.29, 0.717) is 10.1 Å². The van der Waals surface area contributed by atoms with Crippen LogP contribution in [0.5, 0.6) is 0 Å². The van der Waals surface area contributed by atoms with E-state index >= 15 is 0 Å². The Hall–Kier alpha value is -3.27. The predicted molar refractivity (Wildman–Crippen MR) is 101 cm³/mol. The Morgan fingerprint density at radius 2 is 2.00 bits per heavy atom. The number of nitrogens with zero attached hydrogens (tertiary/aromatic N) is 4. The molecule has 8 nitrogen and oxygen atoms in total. The van der Waals surface area contributed by atoms with Crippen LogP contribution in [0.1, 0.15) is 28.9 Å². The normalized spacial score (nSPS) is 11.8. The third-order valence-electron chi connectivity index (χ3n) is 4.01. The van der Waals surface area contributed by atoms with Crippen molar-refractivity contribution in [3.8, 4) is 0 Å². The van der Waals surface area contributed by atoms with Gasteiger partial charge in [0.15, 0.2) is 5.16 Å². The molecular formula is C18H16FN5O3S. The number of nitro benzene ring substituents is 1. The molecule has 1 atom stereocenters. The van der Waals surface area contributed by atoms with E-state index in [-0.39, 0.29) is 23.1 Å². The summed E-state index contributed by atoms with van der Waals surface area (Å²) in [5.41, 5.74) is 0.678. The predicted octanol–water partition coefficient (Wildman–Crippen LogP) is 3.50. The second-order valence-electron chi connectivity index (χ2n) is 6.01. The number of aryl methyl sites for hydroxylation is 1.